The monoisotopic (exact) mass is 224 g/mol. The van der Waals surface area contributed by atoms with E-state index in [4.69, 9.17) is 0 Å². The molecule has 0 spiro atoms. The second-order valence-corrected chi connectivity index (χ2v) is 3.90. The Morgan fingerprint density at radius 3 is 2.94 bits per heavy atom. The van der Waals surface area contributed by atoms with Crippen LogP contribution in [0.3, 0.4) is 0 Å². The predicted molar refractivity (Wildman–Crippen MR) is 62.2 cm³/mol. The van der Waals surface area contributed by atoms with E-state index in [2.05, 4.69) is 29.2 Å². The summed E-state index contributed by atoms with van der Waals surface area (Å²) in [5, 5.41) is 7.21. The van der Waals surface area contributed by atoms with E-state index in [0.717, 1.165) is 18.8 Å². The van der Waals surface area contributed by atoms with Crippen molar-refractivity contribution in [2.75, 3.05) is 6.54 Å². The van der Waals surface area contributed by atoms with Crippen LogP contribution in [-0.2, 0) is 17.8 Å². The Morgan fingerprint density at radius 2 is 2.31 bits per heavy atom. The van der Waals surface area contributed by atoms with Crippen LogP contribution in [0, 0.1) is 0 Å². The van der Waals surface area contributed by atoms with Crippen LogP contribution in [0.5, 0.6) is 0 Å². The average Bonchev–Trinajstić information content (AvgIpc) is 2.73. The second-order valence-electron chi connectivity index (χ2n) is 3.90. The standard InChI is InChI=1S/C11H20N4O/c1-4-9(3)12-7-10(16)6-11-13-8-14-15(11)5-2/h8-9,12H,4-7H2,1-3H3. The number of aromatic nitrogens is 3. The molecule has 0 aliphatic rings. The zero-order valence-electron chi connectivity index (χ0n) is 10.2. The van der Waals surface area contributed by atoms with Gasteiger partial charge in [0, 0.05) is 12.6 Å². The number of carbonyl (C=O) groups excluding carboxylic acids is 1. The normalized spacial score (nSPS) is 12.7. The highest BCUT2D eigenvalue weighted by atomic mass is 16.1. The van der Waals surface area contributed by atoms with Crippen LogP contribution in [-0.4, -0.2) is 33.1 Å². The molecule has 0 fully saturated rings. The maximum atomic E-state index is 11.7. The quantitative estimate of drug-likeness (QED) is 0.744. The van der Waals surface area contributed by atoms with Crippen LogP contribution in [0.15, 0.2) is 6.33 Å². The molecule has 1 aromatic rings. The number of aryl methyl sites for hydroxylation is 1. The zero-order valence-corrected chi connectivity index (χ0v) is 10.2. The number of rotatable bonds is 7. The van der Waals surface area contributed by atoms with E-state index in [9.17, 15) is 4.79 Å². The summed E-state index contributed by atoms with van der Waals surface area (Å²) in [4.78, 5) is 15.7. The number of carbonyl (C=O) groups is 1. The van der Waals surface area contributed by atoms with Crippen molar-refractivity contribution < 1.29 is 4.79 Å². The van der Waals surface area contributed by atoms with Gasteiger partial charge in [-0.1, -0.05) is 6.92 Å². The van der Waals surface area contributed by atoms with Gasteiger partial charge < -0.3 is 5.32 Å². The lowest BCUT2D eigenvalue weighted by atomic mass is 10.2. The molecule has 16 heavy (non-hydrogen) atoms. The van der Waals surface area contributed by atoms with Crippen molar-refractivity contribution in [3.8, 4) is 0 Å². The lowest BCUT2D eigenvalue weighted by molar-refractivity contribution is -0.117. The van der Waals surface area contributed by atoms with Crippen molar-refractivity contribution in [2.45, 2.75) is 46.2 Å². The van der Waals surface area contributed by atoms with Gasteiger partial charge in [0.2, 0.25) is 0 Å². The molecule has 5 heteroatoms. The average molecular weight is 224 g/mol. The lowest BCUT2D eigenvalue weighted by Crippen LogP contribution is -2.32. The van der Waals surface area contributed by atoms with Crippen LogP contribution in [0.25, 0.3) is 0 Å². The SMILES string of the molecule is CCC(C)NCC(=O)Cc1ncnn1CC. The van der Waals surface area contributed by atoms with Crippen molar-refractivity contribution in [1.29, 1.82) is 0 Å². The molecule has 5 nitrogen and oxygen atoms in total. The molecule has 1 unspecified atom stereocenters. The van der Waals surface area contributed by atoms with E-state index in [-0.39, 0.29) is 5.78 Å². The van der Waals surface area contributed by atoms with Gasteiger partial charge in [-0.3, -0.25) is 4.79 Å². The first-order chi connectivity index (χ1) is 7.67. The third-order valence-corrected chi connectivity index (χ3v) is 2.61. The first-order valence-corrected chi connectivity index (χ1v) is 5.79. The molecule has 0 aliphatic heterocycles. The molecule has 0 bridgehead atoms. The minimum absolute atomic E-state index is 0.156. The molecule has 0 saturated carbocycles. The van der Waals surface area contributed by atoms with Crippen molar-refractivity contribution in [3.63, 3.8) is 0 Å². The molecule has 0 amide bonds. The number of ketones is 1. The Morgan fingerprint density at radius 1 is 1.56 bits per heavy atom. The van der Waals surface area contributed by atoms with Crippen molar-refractivity contribution in [1.82, 2.24) is 20.1 Å². The third kappa shape index (κ3) is 3.73. The molecule has 1 aromatic heterocycles. The van der Waals surface area contributed by atoms with E-state index in [0.29, 0.717) is 19.0 Å². The number of Topliss-reactive ketones (excluding diaryl/α,β-unsaturated/α-hetero) is 1. The molecule has 90 valence electrons. The Balaban J connectivity index is 2.40. The van der Waals surface area contributed by atoms with Gasteiger partial charge >= 0.3 is 0 Å². The van der Waals surface area contributed by atoms with Crippen LogP contribution in [0.4, 0.5) is 0 Å². The van der Waals surface area contributed by atoms with Crippen LogP contribution in [0.2, 0.25) is 0 Å². The van der Waals surface area contributed by atoms with Crippen LogP contribution >= 0.6 is 0 Å². The maximum absolute atomic E-state index is 11.7. The molecular formula is C11H20N4O. The Bertz CT molecular complexity index is 334. The molecule has 0 radical (unpaired) electrons. The number of nitrogens with one attached hydrogen (secondary N) is 1. The Hall–Kier alpha value is -1.23. The minimum Gasteiger partial charge on any atom is -0.307 e. The fourth-order valence-electron chi connectivity index (χ4n) is 1.36. The highest BCUT2D eigenvalue weighted by Crippen LogP contribution is 1.96. The first-order valence-electron chi connectivity index (χ1n) is 5.79. The third-order valence-electron chi connectivity index (χ3n) is 2.61. The summed E-state index contributed by atoms with van der Waals surface area (Å²) in [6.45, 7) is 7.31. The number of nitrogens with zero attached hydrogens (tertiary/aromatic N) is 3. The predicted octanol–water partition coefficient (Wildman–Crippen LogP) is 0.798. The van der Waals surface area contributed by atoms with Crippen molar-refractivity contribution >= 4 is 5.78 Å². The van der Waals surface area contributed by atoms with Gasteiger partial charge in [0.05, 0.1) is 13.0 Å². The van der Waals surface area contributed by atoms with E-state index in [1.165, 1.54) is 6.33 Å². The maximum Gasteiger partial charge on any atom is 0.154 e. The summed E-state index contributed by atoms with van der Waals surface area (Å²) >= 11 is 0. The zero-order chi connectivity index (χ0) is 12.0. The fourth-order valence-corrected chi connectivity index (χ4v) is 1.36. The molecular weight excluding hydrogens is 204 g/mol. The number of hydrogen-bond acceptors (Lipinski definition) is 4. The van der Waals surface area contributed by atoms with Gasteiger partial charge in [-0.25, -0.2) is 9.67 Å². The molecule has 1 atom stereocenters. The highest BCUT2D eigenvalue weighted by Gasteiger charge is 2.09. The molecule has 0 saturated heterocycles. The van der Waals surface area contributed by atoms with Crippen LogP contribution in [0.1, 0.15) is 33.0 Å². The summed E-state index contributed by atoms with van der Waals surface area (Å²) in [5.41, 5.74) is 0. The van der Waals surface area contributed by atoms with Gasteiger partial charge in [0.15, 0.2) is 5.78 Å². The van der Waals surface area contributed by atoms with E-state index in [1.807, 2.05) is 6.92 Å². The highest BCUT2D eigenvalue weighted by molar-refractivity contribution is 5.82. The fraction of sp³-hybridized carbons (Fsp3) is 0.727. The van der Waals surface area contributed by atoms with E-state index < -0.39 is 0 Å². The second kappa shape index (κ2) is 6.37. The smallest absolute Gasteiger partial charge is 0.154 e. The minimum atomic E-state index is 0.156. The topological polar surface area (TPSA) is 59.8 Å². The molecule has 1 rings (SSSR count). The number of hydrogen-bond donors (Lipinski definition) is 1. The molecule has 0 aromatic carbocycles. The van der Waals surface area contributed by atoms with Crippen molar-refractivity contribution in [2.24, 2.45) is 0 Å². The summed E-state index contributed by atoms with van der Waals surface area (Å²) in [5.74, 6) is 0.904. The summed E-state index contributed by atoms with van der Waals surface area (Å²) < 4.78 is 1.75. The molecule has 1 N–H and O–H groups in total. The summed E-state index contributed by atoms with van der Waals surface area (Å²) in [6.07, 6.45) is 2.88. The first kappa shape index (κ1) is 12.8. The van der Waals surface area contributed by atoms with Gasteiger partial charge in [-0.05, 0) is 20.3 Å². The largest absolute Gasteiger partial charge is 0.307 e. The summed E-state index contributed by atoms with van der Waals surface area (Å²) in [6, 6.07) is 0.382. The Kier molecular flexibility index (Phi) is 5.11. The van der Waals surface area contributed by atoms with Crippen LogP contribution < -0.4 is 5.32 Å². The molecule has 0 aliphatic carbocycles. The van der Waals surface area contributed by atoms with Gasteiger partial charge in [0.1, 0.15) is 12.2 Å². The van der Waals surface area contributed by atoms with Gasteiger partial charge in [-0.15, -0.1) is 0 Å². The molecule has 1 heterocycles. The van der Waals surface area contributed by atoms with Gasteiger partial charge in [0.25, 0.3) is 0 Å². The van der Waals surface area contributed by atoms with E-state index in [1.54, 1.807) is 4.68 Å². The lowest BCUT2D eigenvalue weighted by Gasteiger charge is -2.10. The Labute approximate surface area is 96.3 Å². The van der Waals surface area contributed by atoms with Crippen molar-refractivity contribution in [3.05, 3.63) is 12.2 Å². The van der Waals surface area contributed by atoms with E-state index >= 15 is 0 Å². The summed E-state index contributed by atoms with van der Waals surface area (Å²) in [7, 11) is 0. The van der Waals surface area contributed by atoms with Gasteiger partial charge in [-0.2, -0.15) is 5.10 Å².